The van der Waals surface area contributed by atoms with Gasteiger partial charge in [-0.2, -0.15) is 4.98 Å². The van der Waals surface area contributed by atoms with E-state index in [-0.39, 0.29) is 5.69 Å². The summed E-state index contributed by atoms with van der Waals surface area (Å²) in [6.07, 6.45) is 5.44. The molecule has 5 nitrogen and oxygen atoms in total. The third-order valence-electron chi connectivity index (χ3n) is 5.09. The van der Waals surface area contributed by atoms with E-state index < -0.39 is 0 Å². The van der Waals surface area contributed by atoms with Gasteiger partial charge in [-0.15, -0.1) is 11.8 Å². The van der Waals surface area contributed by atoms with Crippen molar-refractivity contribution in [2.45, 2.75) is 57.5 Å². The third-order valence-corrected chi connectivity index (χ3v) is 6.15. The van der Waals surface area contributed by atoms with Gasteiger partial charge in [-0.3, -0.25) is 9.47 Å². The van der Waals surface area contributed by atoms with Gasteiger partial charge in [0.15, 0.2) is 0 Å². The fourth-order valence-corrected chi connectivity index (χ4v) is 4.92. The summed E-state index contributed by atoms with van der Waals surface area (Å²) in [7, 11) is 0. The molecular formula is C19H31N3O2S. The minimum absolute atomic E-state index is 0.0466. The zero-order valence-electron chi connectivity index (χ0n) is 15.6. The molecule has 3 rings (SSSR count). The Morgan fingerprint density at radius 3 is 2.76 bits per heavy atom. The highest BCUT2D eigenvalue weighted by Gasteiger charge is 2.22. The van der Waals surface area contributed by atoms with Gasteiger partial charge in [0.2, 0.25) is 0 Å². The fraction of sp³-hybridized carbons (Fsp3) is 0.789. The van der Waals surface area contributed by atoms with Crippen molar-refractivity contribution in [3.8, 4) is 0 Å². The number of thioether (sulfide) groups is 1. The van der Waals surface area contributed by atoms with Crippen LogP contribution in [0, 0.1) is 5.92 Å². The molecule has 0 bridgehead atoms. The molecule has 1 saturated heterocycles. The molecule has 0 spiro atoms. The van der Waals surface area contributed by atoms with Crippen LogP contribution in [0.15, 0.2) is 9.82 Å². The minimum atomic E-state index is -0.0466. The minimum Gasteiger partial charge on any atom is -0.379 e. The highest BCUT2D eigenvalue weighted by molar-refractivity contribution is 7.99. The second-order valence-corrected chi connectivity index (χ2v) is 8.55. The molecule has 1 aliphatic heterocycles. The summed E-state index contributed by atoms with van der Waals surface area (Å²) >= 11 is 1.78. The quantitative estimate of drug-likeness (QED) is 0.523. The van der Waals surface area contributed by atoms with Crippen LogP contribution < -0.4 is 5.69 Å². The van der Waals surface area contributed by atoms with Crippen LogP contribution in [0.3, 0.4) is 0 Å². The molecule has 0 saturated carbocycles. The van der Waals surface area contributed by atoms with Gasteiger partial charge in [0, 0.05) is 37.4 Å². The lowest BCUT2D eigenvalue weighted by molar-refractivity contribution is 0.0368. The summed E-state index contributed by atoms with van der Waals surface area (Å²) < 4.78 is 7.35. The third kappa shape index (κ3) is 5.08. The normalized spacial score (nSPS) is 18.0. The summed E-state index contributed by atoms with van der Waals surface area (Å²) in [5, 5.41) is 1.00. The van der Waals surface area contributed by atoms with Gasteiger partial charge in [0.05, 0.1) is 13.2 Å². The molecule has 6 heteroatoms. The SMILES string of the molecule is CC(C)CCSc1nc(=O)n(CCCN2CCOCC2)c2c1CCC2. The molecule has 25 heavy (non-hydrogen) atoms. The second-order valence-electron chi connectivity index (χ2n) is 7.47. The van der Waals surface area contributed by atoms with E-state index in [1.165, 1.54) is 17.7 Å². The predicted octanol–water partition coefficient (Wildman–Crippen LogP) is 2.59. The highest BCUT2D eigenvalue weighted by atomic mass is 32.2. The molecule has 2 heterocycles. The van der Waals surface area contributed by atoms with Crippen LogP contribution in [0.5, 0.6) is 0 Å². The average Bonchev–Trinajstić information content (AvgIpc) is 3.08. The number of morpholine rings is 1. The lowest BCUT2D eigenvalue weighted by Crippen LogP contribution is -2.37. The Bertz CT molecular complexity index is 624. The molecule has 2 aliphatic rings. The number of hydrogen-bond acceptors (Lipinski definition) is 5. The zero-order chi connectivity index (χ0) is 17.6. The van der Waals surface area contributed by atoms with Crippen LogP contribution >= 0.6 is 11.8 Å². The van der Waals surface area contributed by atoms with Crippen LogP contribution in [0.25, 0.3) is 0 Å². The van der Waals surface area contributed by atoms with Crippen molar-refractivity contribution in [1.82, 2.24) is 14.5 Å². The molecule has 0 atom stereocenters. The molecule has 0 amide bonds. The Balaban J connectivity index is 1.63. The summed E-state index contributed by atoms with van der Waals surface area (Å²) in [5.41, 5.74) is 2.56. The van der Waals surface area contributed by atoms with Crippen molar-refractivity contribution < 1.29 is 4.74 Å². The molecule has 140 valence electrons. The summed E-state index contributed by atoms with van der Waals surface area (Å²) in [6, 6.07) is 0. The van der Waals surface area contributed by atoms with Crippen molar-refractivity contribution in [3.63, 3.8) is 0 Å². The summed E-state index contributed by atoms with van der Waals surface area (Å²) in [4.78, 5) is 19.5. The van der Waals surface area contributed by atoms with Crippen LogP contribution in [0.2, 0.25) is 0 Å². The fourth-order valence-electron chi connectivity index (χ4n) is 3.60. The summed E-state index contributed by atoms with van der Waals surface area (Å²) in [6.45, 7) is 10.00. The van der Waals surface area contributed by atoms with Crippen molar-refractivity contribution in [3.05, 3.63) is 21.7 Å². The second kappa shape index (κ2) is 9.19. The maximum atomic E-state index is 12.6. The van der Waals surface area contributed by atoms with Crippen molar-refractivity contribution >= 4 is 11.8 Å². The average molecular weight is 366 g/mol. The van der Waals surface area contributed by atoms with Crippen molar-refractivity contribution in [1.29, 1.82) is 0 Å². The lowest BCUT2D eigenvalue weighted by Gasteiger charge is -2.26. The molecule has 1 aliphatic carbocycles. The Labute approximate surface area is 155 Å². The van der Waals surface area contributed by atoms with Gasteiger partial charge >= 0.3 is 5.69 Å². The maximum Gasteiger partial charge on any atom is 0.348 e. The van der Waals surface area contributed by atoms with E-state index in [0.717, 1.165) is 75.9 Å². The largest absolute Gasteiger partial charge is 0.379 e. The van der Waals surface area contributed by atoms with Crippen molar-refractivity contribution in [2.24, 2.45) is 5.92 Å². The van der Waals surface area contributed by atoms with Gasteiger partial charge in [-0.25, -0.2) is 4.79 Å². The van der Waals surface area contributed by atoms with Crippen molar-refractivity contribution in [2.75, 3.05) is 38.6 Å². The van der Waals surface area contributed by atoms with E-state index in [4.69, 9.17) is 4.74 Å². The highest BCUT2D eigenvalue weighted by Crippen LogP contribution is 2.30. The van der Waals surface area contributed by atoms with Gasteiger partial charge in [-0.05, 0) is 43.8 Å². The topological polar surface area (TPSA) is 47.4 Å². The van der Waals surface area contributed by atoms with Gasteiger partial charge in [-0.1, -0.05) is 13.8 Å². The monoisotopic (exact) mass is 365 g/mol. The van der Waals surface area contributed by atoms with E-state index in [9.17, 15) is 4.79 Å². The van der Waals surface area contributed by atoms with Gasteiger partial charge in [0.1, 0.15) is 5.03 Å². The molecular weight excluding hydrogens is 334 g/mol. The van der Waals surface area contributed by atoms with Crippen LogP contribution in [-0.2, 0) is 24.1 Å². The number of rotatable bonds is 8. The van der Waals surface area contributed by atoms with E-state index in [2.05, 4.69) is 23.7 Å². The molecule has 0 N–H and O–H groups in total. The first-order valence-electron chi connectivity index (χ1n) is 9.70. The van der Waals surface area contributed by atoms with Gasteiger partial charge in [0.25, 0.3) is 0 Å². The molecule has 1 fully saturated rings. The van der Waals surface area contributed by atoms with Crippen LogP contribution in [-0.4, -0.2) is 53.1 Å². The zero-order valence-corrected chi connectivity index (χ0v) is 16.4. The van der Waals surface area contributed by atoms with Gasteiger partial charge < -0.3 is 4.74 Å². The van der Waals surface area contributed by atoms with E-state index >= 15 is 0 Å². The van der Waals surface area contributed by atoms with Crippen LogP contribution in [0.1, 0.15) is 44.4 Å². The smallest absolute Gasteiger partial charge is 0.348 e. The Hall–Kier alpha value is -0.850. The van der Waals surface area contributed by atoms with E-state index in [1.807, 2.05) is 4.57 Å². The van der Waals surface area contributed by atoms with Crippen LogP contribution in [0.4, 0.5) is 0 Å². The number of aromatic nitrogens is 2. The molecule has 1 aromatic rings. The first kappa shape index (κ1) is 18.9. The molecule has 1 aromatic heterocycles. The Morgan fingerprint density at radius 1 is 1.20 bits per heavy atom. The standard InChI is InChI=1S/C19H31N3O2S/c1-15(2)7-14-25-18-16-5-3-6-17(16)22(19(23)20-18)9-4-8-21-10-12-24-13-11-21/h15H,3-14H2,1-2H3. The van der Waals surface area contributed by atoms with E-state index in [1.54, 1.807) is 11.8 Å². The first-order chi connectivity index (χ1) is 12.1. The predicted molar refractivity (Wildman–Crippen MR) is 103 cm³/mol. The summed E-state index contributed by atoms with van der Waals surface area (Å²) in [5.74, 6) is 1.75. The van der Waals surface area contributed by atoms with E-state index in [0.29, 0.717) is 5.92 Å². The number of fused-ring (bicyclic) bond motifs is 1. The number of nitrogens with zero attached hydrogens (tertiary/aromatic N) is 3. The number of ether oxygens (including phenoxy) is 1. The molecule has 0 radical (unpaired) electrons. The number of hydrogen-bond donors (Lipinski definition) is 0. The Morgan fingerprint density at radius 2 is 2.00 bits per heavy atom. The maximum absolute atomic E-state index is 12.6. The Kier molecular flexibility index (Phi) is 6.96. The first-order valence-corrected chi connectivity index (χ1v) is 10.7. The molecule has 0 aromatic carbocycles. The molecule has 0 unspecified atom stereocenters. The lowest BCUT2D eigenvalue weighted by atomic mass is 10.2.